The SMILES string of the molecule is CN1CCC(N(C)C(=O)CN(C2CCCN(c3ccc(N4CCCCC4=O)cc3F)C2=O)S(=O)(=O)c2ccc3cc(Cl)ccc3c2)CC1. The van der Waals surface area contributed by atoms with Gasteiger partial charge in [-0.25, -0.2) is 12.8 Å². The summed E-state index contributed by atoms with van der Waals surface area (Å²) in [4.78, 5) is 47.0. The first-order valence-electron chi connectivity index (χ1n) is 16.5. The number of hydrogen-bond donors (Lipinski definition) is 0. The minimum Gasteiger partial charge on any atom is -0.342 e. The molecular formula is C35H41ClFN5O5S. The first-order chi connectivity index (χ1) is 22.9. The quantitative estimate of drug-likeness (QED) is 0.333. The smallest absolute Gasteiger partial charge is 0.245 e. The molecule has 3 aliphatic heterocycles. The van der Waals surface area contributed by atoms with Gasteiger partial charge in [-0.1, -0.05) is 23.7 Å². The van der Waals surface area contributed by atoms with Crippen molar-refractivity contribution in [2.24, 2.45) is 0 Å². The molecule has 0 aliphatic carbocycles. The maximum absolute atomic E-state index is 15.7. The summed E-state index contributed by atoms with van der Waals surface area (Å²) in [6.45, 7) is 1.78. The number of anilines is 2. The van der Waals surface area contributed by atoms with Crippen LogP contribution in [-0.4, -0.2) is 99.1 Å². The van der Waals surface area contributed by atoms with Crippen molar-refractivity contribution in [1.82, 2.24) is 14.1 Å². The van der Waals surface area contributed by atoms with Gasteiger partial charge in [0, 0.05) is 43.3 Å². The molecular weight excluding hydrogens is 657 g/mol. The van der Waals surface area contributed by atoms with Gasteiger partial charge in [-0.3, -0.25) is 14.4 Å². The lowest BCUT2D eigenvalue weighted by atomic mass is 10.0. The highest BCUT2D eigenvalue weighted by atomic mass is 35.5. The van der Waals surface area contributed by atoms with Crippen LogP contribution in [0, 0.1) is 5.82 Å². The predicted octanol–water partition coefficient (Wildman–Crippen LogP) is 4.89. The van der Waals surface area contributed by atoms with Gasteiger partial charge in [0.2, 0.25) is 27.7 Å². The van der Waals surface area contributed by atoms with Crippen molar-refractivity contribution in [3.05, 3.63) is 65.4 Å². The van der Waals surface area contributed by atoms with E-state index in [-0.39, 0.29) is 35.5 Å². The second-order valence-corrected chi connectivity index (χ2v) is 15.4. The Kier molecular flexibility index (Phi) is 10.1. The standard InChI is InChI=1S/C35H41ClFN5O5S/c1-38-18-14-27(15-19-38)39(2)34(44)23-42(48(46,47)29-12-9-24-20-26(36)10-8-25(24)21-29)32-6-5-17-41(35(32)45)31-13-11-28(22-30(31)37)40-16-4-3-7-33(40)43/h8-13,20-22,27,32H,3-7,14-19,23H2,1-2H3. The lowest BCUT2D eigenvalue weighted by Crippen LogP contribution is -2.57. The normalized spacial score (nSPS) is 20.1. The van der Waals surface area contributed by atoms with E-state index in [1.807, 2.05) is 7.05 Å². The van der Waals surface area contributed by atoms with E-state index in [2.05, 4.69) is 4.90 Å². The molecule has 1 unspecified atom stereocenters. The van der Waals surface area contributed by atoms with Gasteiger partial charge < -0.3 is 19.6 Å². The van der Waals surface area contributed by atoms with E-state index in [9.17, 15) is 22.8 Å². The summed E-state index contributed by atoms with van der Waals surface area (Å²) in [5, 5.41) is 1.90. The number of amides is 3. The van der Waals surface area contributed by atoms with Gasteiger partial charge in [0.05, 0.1) is 17.1 Å². The number of nitrogens with zero attached hydrogens (tertiary/aromatic N) is 5. The molecule has 0 radical (unpaired) electrons. The first kappa shape index (κ1) is 34.3. The van der Waals surface area contributed by atoms with Crippen molar-refractivity contribution < 1.29 is 27.2 Å². The van der Waals surface area contributed by atoms with Crippen LogP contribution in [0.5, 0.6) is 0 Å². The zero-order valence-corrected chi connectivity index (χ0v) is 28.9. The van der Waals surface area contributed by atoms with E-state index in [1.165, 1.54) is 29.2 Å². The van der Waals surface area contributed by atoms with Crippen molar-refractivity contribution in [3.8, 4) is 0 Å². The van der Waals surface area contributed by atoms with E-state index in [4.69, 9.17) is 11.6 Å². The molecule has 1 atom stereocenters. The number of halogens is 2. The molecule has 6 rings (SSSR count). The van der Waals surface area contributed by atoms with Crippen LogP contribution in [0.15, 0.2) is 59.5 Å². The van der Waals surface area contributed by atoms with Crippen molar-refractivity contribution in [1.29, 1.82) is 0 Å². The average molecular weight is 698 g/mol. The number of fused-ring (bicyclic) bond motifs is 1. The Morgan fingerprint density at radius 1 is 0.896 bits per heavy atom. The summed E-state index contributed by atoms with van der Waals surface area (Å²) >= 11 is 6.15. The summed E-state index contributed by atoms with van der Waals surface area (Å²) in [6, 6.07) is 12.8. The van der Waals surface area contributed by atoms with Crippen LogP contribution in [0.3, 0.4) is 0 Å². The lowest BCUT2D eigenvalue weighted by molar-refractivity contribution is -0.134. The molecule has 3 saturated heterocycles. The second-order valence-electron chi connectivity index (χ2n) is 13.0. The highest BCUT2D eigenvalue weighted by Crippen LogP contribution is 2.33. The largest absolute Gasteiger partial charge is 0.342 e. The third-order valence-electron chi connectivity index (χ3n) is 9.92. The fourth-order valence-corrected chi connectivity index (χ4v) is 8.79. The van der Waals surface area contributed by atoms with E-state index in [0.717, 1.165) is 48.5 Å². The molecule has 3 amide bonds. The van der Waals surface area contributed by atoms with E-state index >= 15 is 4.39 Å². The average Bonchev–Trinajstić information content (AvgIpc) is 3.07. The van der Waals surface area contributed by atoms with Crippen LogP contribution in [0.25, 0.3) is 10.8 Å². The van der Waals surface area contributed by atoms with Crippen molar-refractivity contribution in [3.63, 3.8) is 0 Å². The van der Waals surface area contributed by atoms with Crippen molar-refractivity contribution in [2.45, 2.75) is 61.9 Å². The maximum Gasteiger partial charge on any atom is 0.245 e. The molecule has 3 aliphatic rings. The van der Waals surface area contributed by atoms with Gasteiger partial charge in [-0.15, -0.1) is 0 Å². The number of hydrogen-bond acceptors (Lipinski definition) is 6. The molecule has 10 nitrogen and oxygen atoms in total. The number of carbonyl (C=O) groups is 3. The zero-order chi connectivity index (χ0) is 34.2. The fourth-order valence-electron chi connectivity index (χ4n) is 7.01. The molecule has 0 bridgehead atoms. The Morgan fingerprint density at radius 3 is 2.33 bits per heavy atom. The van der Waals surface area contributed by atoms with Gasteiger partial charge in [0.25, 0.3) is 0 Å². The van der Waals surface area contributed by atoms with E-state index < -0.39 is 40.2 Å². The van der Waals surface area contributed by atoms with E-state index in [0.29, 0.717) is 35.5 Å². The lowest BCUT2D eigenvalue weighted by Gasteiger charge is -2.39. The number of likely N-dealkylation sites (N-methyl/N-ethyl adjacent to an activating group) is 1. The second kappa shape index (κ2) is 14.1. The Morgan fingerprint density at radius 2 is 1.60 bits per heavy atom. The molecule has 3 fully saturated rings. The molecule has 3 aromatic carbocycles. The summed E-state index contributed by atoms with van der Waals surface area (Å²) in [6.07, 6.45) is 4.09. The topological polar surface area (TPSA) is 102 Å². The van der Waals surface area contributed by atoms with Crippen LogP contribution in [-0.2, 0) is 24.4 Å². The van der Waals surface area contributed by atoms with Crippen LogP contribution in [0.2, 0.25) is 5.02 Å². The number of piperidine rings is 3. The predicted molar refractivity (Wildman–Crippen MR) is 184 cm³/mol. The number of sulfonamides is 1. The van der Waals surface area contributed by atoms with Crippen molar-refractivity contribution in [2.75, 3.05) is 56.6 Å². The van der Waals surface area contributed by atoms with Crippen LogP contribution < -0.4 is 9.80 Å². The Bertz CT molecular complexity index is 1830. The molecule has 256 valence electrons. The van der Waals surface area contributed by atoms with Gasteiger partial charge in [-0.05, 0) is 112 Å². The Hall–Kier alpha value is -3.58. The van der Waals surface area contributed by atoms with Gasteiger partial charge in [0.1, 0.15) is 11.9 Å². The fraction of sp³-hybridized carbons (Fsp3) is 0.457. The third kappa shape index (κ3) is 6.94. The molecule has 3 aromatic rings. The molecule has 0 saturated carbocycles. The zero-order valence-electron chi connectivity index (χ0n) is 27.3. The summed E-state index contributed by atoms with van der Waals surface area (Å²) in [7, 11) is -0.683. The van der Waals surface area contributed by atoms with Gasteiger partial charge in [-0.2, -0.15) is 4.31 Å². The Labute approximate surface area is 286 Å². The highest BCUT2D eigenvalue weighted by Gasteiger charge is 2.43. The van der Waals surface area contributed by atoms with Crippen LogP contribution in [0.4, 0.5) is 15.8 Å². The van der Waals surface area contributed by atoms with Crippen LogP contribution >= 0.6 is 11.6 Å². The molecule has 48 heavy (non-hydrogen) atoms. The molecule has 3 heterocycles. The van der Waals surface area contributed by atoms with Crippen molar-refractivity contribution >= 4 is 61.5 Å². The minimum atomic E-state index is -4.39. The molecule has 0 aromatic heterocycles. The molecule has 0 spiro atoms. The summed E-state index contributed by atoms with van der Waals surface area (Å²) < 4.78 is 45.6. The summed E-state index contributed by atoms with van der Waals surface area (Å²) in [5.74, 6) is -1.77. The minimum absolute atomic E-state index is 0.00705. The number of carbonyl (C=O) groups excluding carboxylic acids is 3. The third-order valence-corrected chi connectivity index (χ3v) is 12.0. The molecule has 13 heteroatoms. The highest BCUT2D eigenvalue weighted by molar-refractivity contribution is 7.89. The molecule has 0 N–H and O–H groups in total. The van der Waals surface area contributed by atoms with Gasteiger partial charge >= 0.3 is 0 Å². The number of benzene rings is 3. The van der Waals surface area contributed by atoms with Crippen LogP contribution in [0.1, 0.15) is 44.9 Å². The monoisotopic (exact) mass is 697 g/mol. The van der Waals surface area contributed by atoms with Gasteiger partial charge in [0.15, 0.2) is 0 Å². The number of likely N-dealkylation sites (tertiary alicyclic amines) is 1. The number of rotatable bonds is 8. The first-order valence-corrected chi connectivity index (χ1v) is 18.3. The summed E-state index contributed by atoms with van der Waals surface area (Å²) in [5.41, 5.74) is 0.430. The van der Waals surface area contributed by atoms with E-state index in [1.54, 1.807) is 47.2 Å². The maximum atomic E-state index is 15.7. The Balaban J connectivity index is 1.32.